The number of benzene rings is 1. The summed E-state index contributed by atoms with van der Waals surface area (Å²) in [7, 11) is 0. The monoisotopic (exact) mass is 491 g/mol. The molecule has 0 saturated carbocycles. The number of aromatic amines is 1. The number of aromatic nitrogens is 2. The Morgan fingerprint density at radius 3 is 2.83 bits per heavy atom. The van der Waals surface area contributed by atoms with Crippen molar-refractivity contribution in [2.24, 2.45) is 5.92 Å². The molecule has 2 amide bonds. The number of ether oxygens (including phenoxy) is 1. The van der Waals surface area contributed by atoms with E-state index in [1.165, 1.54) is 11.3 Å². The first-order chi connectivity index (χ1) is 16.9. The van der Waals surface area contributed by atoms with Crippen LogP contribution in [0.15, 0.2) is 42.7 Å². The Labute approximate surface area is 208 Å². The van der Waals surface area contributed by atoms with Crippen molar-refractivity contribution in [1.82, 2.24) is 15.3 Å². The lowest BCUT2D eigenvalue weighted by atomic mass is 9.88. The van der Waals surface area contributed by atoms with Gasteiger partial charge < -0.3 is 20.4 Å². The van der Waals surface area contributed by atoms with Crippen molar-refractivity contribution in [3.8, 4) is 6.07 Å². The average Bonchev–Trinajstić information content (AvgIpc) is 3.51. The fourth-order valence-electron chi connectivity index (χ4n) is 4.35. The van der Waals surface area contributed by atoms with Crippen LogP contribution in [0.2, 0.25) is 0 Å². The van der Waals surface area contributed by atoms with Crippen molar-refractivity contribution in [3.05, 3.63) is 70.1 Å². The zero-order valence-electron chi connectivity index (χ0n) is 19.8. The predicted molar refractivity (Wildman–Crippen MR) is 134 cm³/mol. The number of nitrogens with zero attached hydrogens (tertiary/aromatic N) is 2. The molecule has 182 valence electrons. The number of rotatable bonds is 8. The summed E-state index contributed by atoms with van der Waals surface area (Å²) in [5.41, 5.74) is 2.69. The lowest BCUT2D eigenvalue weighted by Gasteiger charge is -2.22. The number of hydrogen-bond donors (Lipinski definition) is 3. The van der Waals surface area contributed by atoms with Gasteiger partial charge in [-0.05, 0) is 49.1 Å². The van der Waals surface area contributed by atoms with Gasteiger partial charge in [0.25, 0.3) is 0 Å². The summed E-state index contributed by atoms with van der Waals surface area (Å²) in [5, 5.41) is 16.1. The predicted octanol–water partition coefficient (Wildman–Crippen LogP) is 5.07. The number of amides is 2. The number of imidazole rings is 1. The van der Waals surface area contributed by atoms with E-state index in [4.69, 9.17) is 4.74 Å². The van der Waals surface area contributed by atoms with Gasteiger partial charge in [-0.1, -0.05) is 37.3 Å². The van der Waals surface area contributed by atoms with Crippen molar-refractivity contribution in [2.75, 3.05) is 11.9 Å². The molecule has 0 radical (unpaired) electrons. The van der Waals surface area contributed by atoms with E-state index in [9.17, 15) is 14.9 Å². The molecular weight excluding hydrogens is 462 g/mol. The van der Waals surface area contributed by atoms with Crippen LogP contribution in [-0.4, -0.2) is 28.6 Å². The highest BCUT2D eigenvalue weighted by atomic mass is 32.1. The zero-order valence-corrected chi connectivity index (χ0v) is 20.7. The molecule has 3 unspecified atom stereocenters. The van der Waals surface area contributed by atoms with Crippen LogP contribution in [0.1, 0.15) is 66.0 Å². The zero-order chi connectivity index (χ0) is 24.8. The molecule has 2 aromatic heterocycles. The summed E-state index contributed by atoms with van der Waals surface area (Å²) in [4.78, 5) is 33.1. The minimum atomic E-state index is -0.482. The molecule has 35 heavy (non-hydrogen) atoms. The molecule has 3 atom stereocenters. The van der Waals surface area contributed by atoms with Crippen LogP contribution in [-0.2, 0) is 22.4 Å². The first-order valence-electron chi connectivity index (χ1n) is 11.8. The van der Waals surface area contributed by atoms with Crippen molar-refractivity contribution in [3.63, 3.8) is 0 Å². The number of hydrogen-bond acceptors (Lipinski definition) is 6. The van der Waals surface area contributed by atoms with Gasteiger partial charge in [0.15, 0.2) is 0 Å². The Morgan fingerprint density at radius 2 is 2.11 bits per heavy atom. The van der Waals surface area contributed by atoms with Crippen LogP contribution in [0.5, 0.6) is 0 Å². The van der Waals surface area contributed by atoms with Gasteiger partial charge in [0.05, 0.1) is 18.2 Å². The summed E-state index contributed by atoms with van der Waals surface area (Å²) in [5.74, 6) is 0.816. The second-order valence-electron chi connectivity index (χ2n) is 8.93. The Balaban J connectivity index is 1.32. The number of carbonyl (C=O) groups is 2. The smallest absolute Gasteiger partial charge is 0.407 e. The molecule has 0 aliphatic heterocycles. The number of nitriles is 1. The highest BCUT2D eigenvalue weighted by Crippen LogP contribution is 2.39. The number of anilines is 1. The molecule has 2 heterocycles. The summed E-state index contributed by atoms with van der Waals surface area (Å²) < 4.78 is 5.46. The topological polar surface area (TPSA) is 120 Å². The molecule has 0 fully saturated rings. The van der Waals surface area contributed by atoms with E-state index in [2.05, 4.69) is 26.7 Å². The molecular formula is C26H29N5O3S. The number of nitrogens with one attached hydrogen (secondary N) is 3. The van der Waals surface area contributed by atoms with Crippen molar-refractivity contribution < 1.29 is 14.3 Å². The molecule has 3 aromatic rings. The Hall–Kier alpha value is -3.64. The fourth-order valence-corrected chi connectivity index (χ4v) is 5.68. The molecule has 4 rings (SSSR count). The highest BCUT2D eigenvalue weighted by molar-refractivity contribution is 7.16. The molecule has 0 saturated heterocycles. The molecule has 3 N–H and O–H groups in total. The normalized spacial score (nSPS) is 16.4. The van der Waals surface area contributed by atoms with Gasteiger partial charge >= 0.3 is 6.09 Å². The molecule has 0 spiro atoms. The number of alkyl carbamates (subject to hydrolysis) is 1. The Bertz CT molecular complexity index is 1200. The van der Waals surface area contributed by atoms with E-state index in [0.29, 0.717) is 35.8 Å². The van der Waals surface area contributed by atoms with Gasteiger partial charge in [0.1, 0.15) is 16.9 Å². The molecule has 1 aliphatic carbocycles. The van der Waals surface area contributed by atoms with E-state index in [0.717, 1.165) is 28.8 Å². The van der Waals surface area contributed by atoms with E-state index in [-0.39, 0.29) is 23.8 Å². The van der Waals surface area contributed by atoms with Crippen LogP contribution < -0.4 is 10.6 Å². The third-order valence-electron chi connectivity index (χ3n) is 6.31. The summed E-state index contributed by atoms with van der Waals surface area (Å²) >= 11 is 1.46. The summed E-state index contributed by atoms with van der Waals surface area (Å²) in [6, 6.07) is 11.9. The van der Waals surface area contributed by atoms with E-state index >= 15 is 0 Å². The van der Waals surface area contributed by atoms with Crippen molar-refractivity contribution in [2.45, 2.75) is 51.5 Å². The van der Waals surface area contributed by atoms with E-state index in [1.807, 2.05) is 44.2 Å². The van der Waals surface area contributed by atoms with Crippen LogP contribution in [0, 0.1) is 17.2 Å². The van der Waals surface area contributed by atoms with Crippen LogP contribution in [0.4, 0.5) is 9.80 Å². The summed E-state index contributed by atoms with van der Waals surface area (Å²) in [6.07, 6.45) is 5.46. The van der Waals surface area contributed by atoms with Gasteiger partial charge in [-0.2, -0.15) is 5.26 Å². The minimum absolute atomic E-state index is 0.0829. The van der Waals surface area contributed by atoms with Gasteiger partial charge in [-0.25, -0.2) is 9.78 Å². The van der Waals surface area contributed by atoms with Gasteiger partial charge in [0.2, 0.25) is 5.91 Å². The van der Waals surface area contributed by atoms with E-state index in [1.54, 1.807) is 12.4 Å². The molecule has 9 heteroatoms. The minimum Gasteiger partial charge on any atom is -0.449 e. The fraction of sp³-hybridized carbons (Fsp3) is 0.385. The van der Waals surface area contributed by atoms with Gasteiger partial charge in [0, 0.05) is 23.7 Å². The first-order valence-corrected chi connectivity index (χ1v) is 12.6. The molecule has 1 aromatic carbocycles. The van der Waals surface area contributed by atoms with Crippen LogP contribution in [0.25, 0.3) is 0 Å². The lowest BCUT2D eigenvalue weighted by Crippen LogP contribution is -2.30. The second kappa shape index (κ2) is 11.2. The first kappa shape index (κ1) is 24.5. The Morgan fingerprint density at radius 1 is 1.31 bits per heavy atom. The quantitative estimate of drug-likeness (QED) is 0.406. The van der Waals surface area contributed by atoms with E-state index < -0.39 is 6.09 Å². The van der Waals surface area contributed by atoms with Gasteiger partial charge in [-0.3, -0.25) is 4.79 Å². The second-order valence-corrected chi connectivity index (χ2v) is 10.0. The molecule has 8 nitrogen and oxygen atoms in total. The van der Waals surface area contributed by atoms with Crippen molar-refractivity contribution >= 4 is 28.3 Å². The highest BCUT2D eigenvalue weighted by Gasteiger charge is 2.27. The Kier molecular flexibility index (Phi) is 7.83. The largest absolute Gasteiger partial charge is 0.449 e. The molecule has 0 bridgehead atoms. The average molecular weight is 492 g/mol. The third-order valence-corrected chi connectivity index (χ3v) is 7.48. The number of H-pyrrole nitrogens is 1. The number of carbonyl (C=O) groups excluding carboxylic acids is 2. The number of fused-ring (bicyclic) bond motifs is 1. The standard InChI is InChI=1S/C26H29N5O3S/c1-16(19-6-4-3-5-7-19)12-23(32)31-25-21(14-27)20-9-8-18(13-22(20)35-25)15-34-26(33)30-17(2)24-28-10-11-29-24/h3-7,10-11,16-18H,8-9,12-13,15H2,1-2H3,(H,28,29)(H,30,33)(H,31,32). The SMILES string of the molecule is CC(CC(=O)Nc1sc2c(c1C#N)CCC(COC(=O)NC(C)c1ncc[nH]1)C2)c1ccccc1. The maximum Gasteiger partial charge on any atom is 0.407 e. The third kappa shape index (κ3) is 6.08. The maximum absolute atomic E-state index is 12.7. The number of thiophene rings is 1. The van der Waals surface area contributed by atoms with Crippen LogP contribution in [0.3, 0.4) is 0 Å². The van der Waals surface area contributed by atoms with Crippen molar-refractivity contribution in [1.29, 1.82) is 5.26 Å². The molecule has 1 aliphatic rings. The lowest BCUT2D eigenvalue weighted by molar-refractivity contribution is -0.116. The van der Waals surface area contributed by atoms with Crippen LogP contribution >= 0.6 is 11.3 Å². The summed E-state index contributed by atoms with van der Waals surface area (Å²) in [6.45, 7) is 4.15. The maximum atomic E-state index is 12.7. The van der Waals surface area contributed by atoms with Gasteiger partial charge in [-0.15, -0.1) is 11.3 Å².